The Morgan fingerprint density at radius 3 is 2.48 bits per heavy atom. The number of nitrogen functional groups attached to an aromatic ring is 1. The van der Waals surface area contributed by atoms with E-state index in [1.807, 2.05) is 11.3 Å². The Balaban J connectivity index is 0.00000180. The molecule has 2 saturated heterocycles. The first kappa shape index (κ1) is 19.2. The van der Waals surface area contributed by atoms with Crippen LogP contribution in [0.5, 0.6) is 0 Å². The molecule has 148 valence electrons. The summed E-state index contributed by atoms with van der Waals surface area (Å²) in [5.74, 6) is 2.22. The second kappa shape index (κ2) is 6.75. The van der Waals surface area contributed by atoms with E-state index in [9.17, 15) is 0 Å². The summed E-state index contributed by atoms with van der Waals surface area (Å²) < 4.78 is 1.26. The minimum absolute atomic E-state index is 0. The lowest BCUT2D eigenvalue weighted by Crippen LogP contribution is -2.51. The second-order valence-corrected chi connectivity index (χ2v) is 10.5. The molecular formula is C20H30ClN5S. The molecule has 0 saturated carbocycles. The molecule has 2 bridgehead atoms. The van der Waals surface area contributed by atoms with Crippen LogP contribution in [-0.2, 0) is 12.8 Å². The average Bonchev–Trinajstić information content (AvgIpc) is 3.12. The van der Waals surface area contributed by atoms with Crippen LogP contribution in [0.15, 0.2) is 0 Å². The highest BCUT2D eigenvalue weighted by molar-refractivity contribution is 7.19. The summed E-state index contributed by atoms with van der Waals surface area (Å²) in [5, 5.41) is 3.71. The molecule has 2 aromatic heterocycles. The molecule has 7 heteroatoms. The number of aromatic nitrogens is 2. The van der Waals surface area contributed by atoms with E-state index in [2.05, 4.69) is 31.0 Å². The summed E-state index contributed by atoms with van der Waals surface area (Å²) in [4.78, 5) is 13.4. The van der Waals surface area contributed by atoms with E-state index in [1.165, 1.54) is 40.8 Å². The Kier molecular flexibility index (Phi) is 4.80. The molecule has 3 unspecified atom stereocenters. The summed E-state index contributed by atoms with van der Waals surface area (Å²) in [6, 6.07) is 1.19. The lowest BCUT2D eigenvalue weighted by Gasteiger charge is -2.34. The van der Waals surface area contributed by atoms with Crippen molar-refractivity contribution in [3.63, 3.8) is 0 Å². The topological polar surface area (TPSA) is 67.1 Å². The number of nitrogens with two attached hydrogens (primary N) is 1. The molecular weight excluding hydrogens is 378 g/mol. The lowest BCUT2D eigenvalue weighted by molar-refractivity contribution is 0.217. The Hall–Kier alpha value is -1.11. The Morgan fingerprint density at radius 2 is 1.81 bits per heavy atom. The maximum absolute atomic E-state index is 6.17. The Morgan fingerprint density at radius 1 is 1.11 bits per heavy atom. The van der Waals surface area contributed by atoms with Gasteiger partial charge in [-0.1, -0.05) is 20.8 Å². The third-order valence-electron chi connectivity index (χ3n) is 6.62. The van der Waals surface area contributed by atoms with E-state index in [0.29, 0.717) is 29.4 Å². The van der Waals surface area contributed by atoms with Gasteiger partial charge in [-0.05, 0) is 49.0 Å². The molecule has 2 fully saturated rings. The maximum atomic E-state index is 6.17. The smallest absolute Gasteiger partial charge is 0.222 e. The summed E-state index contributed by atoms with van der Waals surface area (Å²) in [6.07, 6.45) is 6.13. The molecule has 3 atom stereocenters. The van der Waals surface area contributed by atoms with Gasteiger partial charge >= 0.3 is 0 Å². The molecule has 0 amide bonds. The molecule has 0 spiro atoms. The Bertz CT molecular complexity index is 846. The fraction of sp³-hybridized carbons (Fsp3) is 0.700. The fourth-order valence-electron chi connectivity index (χ4n) is 5.06. The summed E-state index contributed by atoms with van der Waals surface area (Å²) in [6.45, 7) is 9.16. The summed E-state index contributed by atoms with van der Waals surface area (Å²) in [7, 11) is 0. The van der Waals surface area contributed by atoms with Gasteiger partial charge < -0.3 is 16.0 Å². The molecule has 3 aliphatic rings. The van der Waals surface area contributed by atoms with Gasteiger partial charge in [0.1, 0.15) is 0 Å². The highest BCUT2D eigenvalue weighted by Gasteiger charge is 2.36. The molecule has 1 aliphatic carbocycles. The van der Waals surface area contributed by atoms with E-state index >= 15 is 0 Å². The number of hydrogen-bond acceptors (Lipinski definition) is 6. The zero-order valence-electron chi connectivity index (χ0n) is 16.4. The number of halogens is 1. The largest absolute Gasteiger partial charge is 0.368 e. The number of anilines is 2. The van der Waals surface area contributed by atoms with Gasteiger partial charge in [-0.15, -0.1) is 23.7 Å². The lowest BCUT2D eigenvalue weighted by atomic mass is 9.72. The first-order chi connectivity index (χ1) is 12.4. The molecule has 5 rings (SSSR count). The van der Waals surface area contributed by atoms with E-state index in [1.54, 1.807) is 0 Å². The van der Waals surface area contributed by atoms with Crippen molar-refractivity contribution in [3.8, 4) is 0 Å². The number of hydrogen-bond donors (Lipinski definition) is 2. The number of aryl methyl sites for hydroxylation is 1. The zero-order chi connectivity index (χ0) is 18.1. The van der Waals surface area contributed by atoms with Crippen molar-refractivity contribution in [3.05, 3.63) is 10.4 Å². The summed E-state index contributed by atoms with van der Waals surface area (Å²) >= 11 is 1.92. The van der Waals surface area contributed by atoms with Gasteiger partial charge in [-0.2, -0.15) is 4.98 Å². The molecule has 4 heterocycles. The quantitative estimate of drug-likeness (QED) is 0.752. The van der Waals surface area contributed by atoms with Crippen LogP contribution in [0.2, 0.25) is 0 Å². The van der Waals surface area contributed by atoms with Crippen LogP contribution in [0.1, 0.15) is 50.5 Å². The van der Waals surface area contributed by atoms with Crippen LogP contribution in [0.25, 0.3) is 10.2 Å². The van der Waals surface area contributed by atoms with Crippen molar-refractivity contribution in [2.45, 2.75) is 65.0 Å². The van der Waals surface area contributed by atoms with E-state index in [4.69, 9.17) is 15.7 Å². The predicted molar refractivity (Wildman–Crippen MR) is 116 cm³/mol. The number of nitrogens with one attached hydrogen (secondary N) is 1. The zero-order valence-corrected chi connectivity index (χ0v) is 18.1. The third kappa shape index (κ3) is 3.30. The van der Waals surface area contributed by atoms with Crippen LogP contribution in [0.4, 0.5) is 11.8 Å². The van der Waals surface area contributed by atoms with Gasteiger partial charge in [-0.25, -0.2) is 4.98 Å². The van der Waals surface area contributed by atoms with Crippen LogP contribution in [-0.4, -0.2) is 35.1 Å². The number of piperazine rings is 1. The van der Waals surface area contributed by atoms with Crippen molar-refractivity contribution >= 4 is 45.7 Å². The van der Waals surface area contributed by atoms with E-state index in [0.717, 1.165) is 30.8 Å². The van der Waals surface area contributed by atoms with Crippen molar-refractivity contribution in [2.75, 3.05) is 23.7 Å². The molecule has 2 aromatic rings. The summed E-state index contributed by atoms with van der Waals surface area (Å²) in [5.41, 5.74) is 9.09. The van der Waals surface area contributed by atoms with Crippen molar-refractivity contribution < 1.29 is 0 Å². The highest BCUT2D eigenvalue weighted by Crippen LogP contribution is 2.45. The molecule has 5 nitrogen and oxygen atoms in total. The fourth-order valence-corrected chi connectivity index (χ4v) is 6.36. The normalized spacial score (nSPS) is 27.5. The average molecular weight is 408 g/mol. The minimum atomic E-state index is 0. The van der Waals surface area contributed by atoms with Gasteiger partial charge in [-0.3, -0.25) is 0 Å². The van der Waals surface area contributed by atoms with Crippen molar-refractivity contribution in [2.24, 2.45) is 11.3 Å². The molecule has 0 aromatic carbocycles. The molecule has 0 radical (unpaired) electrons. The number of rotatable bonds is 1. The van der Waals surface area contributed by atoms with Crippen LogP contribution in [0.3, 0.4) is 0 Å². The van der Waals surface area contributed by atoms with Gasteiger partial charge in [0.25, 0.3) is 0 Å². The molecule has 3 N–H and O–H groups in total. The highest BCUT2D eigenvalue weighted by atomic mass is 35.5. The van der Waals surface area contributed by atoms with Crippen LogP contribution in [0, 0.1) is 11.3 Å². The minimum Gasteiger partial charge on any atom is -0.368 e. The number of fused-ring (bicyclic) bond motifs is 5. The van der Waals surface area contributed by atoms with Crippen molar-refractivity contribution in [1.82, 2.24) is 15.3 Å². The van der Waals surface area contributed by atoms with Gasteiger partial charge in [0, 0.05) is 30.1 Å². The first-order valence-corrected chi connectivity index (χ1v) is 10.8. The van der Waals surface area contributed by atoms with Crippen LogP contribution >= 0.6 is 23.7 Å². The maximum Gasteiger partial charge on any atom is 0.222 e. The van der Waals surface area contributed by atoms with Crippen molar-refractivity contribution in [1.29, 1.82) is 0 Å². The van der Waals surface area contributed by atoms with Gasteiger partial charge in [0.15, 0.2) is 5.82 Å². The van der Waals surface area contributed by atoms with Crippen LogP contribution < -0.4 is 16.0 Å². The third-order valence-corrected chi connectivity index (χ3v) is 7.90. The Labute approximate surface area is 171 Å². The number of thiophene rings is 1. The second-order valence-electron chi connectivity index (χ2n) is 9.44. The molecule has 2 aliphatic heterocycles. The SMILES string of the molecule is CC(C)(C)C1CCc2sc3c(N4CC5CCC(C4)N5)nc(N)nc3c2C1.Cl. The van der Waals surface area contributed by atoms with Gasteiger partial charge in [0.2, 0.25) is 5.95 Å². The predicted octanol–water partition coefficient (Wildman–Crippen LogP) is 3.79. The number of nitrogens with zero attached hydrogens (tertiary/aromatic N) is 3. The van der Waals surface area contributed by atoms with Gasteiger partial charge in [0.05, 0.1) is 10.2 Å². The first-order valence-electron chi connectivity index (χ1n) is 9.97. The monoisotopic (exact) mass is 407 g/mol. The van der Waals surface area contributed by atoms with E-state index < -0.39 is 0 Å². The van der Waals surface area contributed by atoms with E-state index in [-0.39, 0.29) is 12.4 Å². The standard InChI is InChI=1S/C20H29N5S.ClH/c1-20(2,3)11-4-7-15-14(8-11)16-17(26-15)18(24-19(21)23-16)25-9-12-5-6-13(10-25)22-12;/h11-13,22H,4-10H2,1-3H3,(H2,21,23,24);1H. The molecule has 27 heavy (non-hydrogen) atoms.